The molecule has 0 spiro atoms. The van der Waals surface area contributed by atoms with Gasteiger partial charge in [0.2, 0.25) is 5.82 Å². The lowest BCUT2D eigenvalue weighted by Crippen LogP contribution is -2.09. The van der Waals surface area contributed by atoms with Crippen molar-refractivity contribution in [2.75, 3.05) is 0 Å². The summed E-state index contributed by atoms with van der Waals surface area (Å²) in [5.74, 6) is 0.477. The number of aromatic nitrogens is 4. The van der Waals surface area contributed by atoms with Gasteiger partial charge in [0.1, 0.15) is 0 Å². The average molecular weight is 227 g/mol. The number of hydrogen-bond acceptors (Lipinski definition) is 4. The van der Waals surface area contributed by atoms with Crippen LogP contribution in [-0.4, -0.2) is 20.2 Å². The van der Waals surface area contributed by atoms with Gasteiger partial charge >= 0.3 is 0 Å². The van der Waals surface area contributed by atoms with Gasteiger partial charge in [-0.2, -0.15) is 10.1 Å². The molecule has 0 N–H and O–H groups in total. The monoisotopic (exact) mass is 227 g/mol. The third-order valence-electron chi connectivity index (χ3n) is 2.42. The van der Waals surface area contributed by atoms with Crippen LogP contribution in [0.15, 0.2) is 24.3 Å². The SMILES string of the molecule is Cc1ccc(-c2nnn(C[C@@H](C)C#N)n2)cc1. The molecule has 0 radical (unpaired) electrons. The highest BCUT2D eigenvalue weighted by Gasteiger charge is 2.07. The molecule has 1 aromatic carbocycles. The van der Waals surface area contributed by atoms with Gasteiger partial charge in [0.25, 0.3) is 0 Å². The Hall–Kier alpha value is -2.22. The van der Waals surface area contributed by atoms with Crippen molar-refractivity contribution in [2.24, 2.45) is 5.92 Å². The maximum atomic E-state index is 8.71. The van der Waals surface area contributed by atoms with Crippen LogP contribution < -0.4 is 0 Å². The summed E-state index contributed by atoms with van der Waals surface area (Å²) in [4.78, 5) is 1.46. The third kappa shape index (κ3) is 2.67. The fourth-order valence-corrected chi connectivity index (χ4v) is 1.42. The van der Waals surface area contributed by atoms with Gasteiger partial charge in [-0.25, -0.2) is 0 Å². The molecule has 0 amide bonds. The number of nitrogens with zero attached hydrogens (tertiary/aromatic N) is 5. The Morgan fingerprint density at radius 2 is 2.06 bits per heavy atom. The molecule has 1 heterocycles. The summed E-state index contributed by atoms with van der Waals surface area (Å²) in [6, 6.07) is 10.1. The van der Waals surface area contributed by atoms with Crippen molar-refractivity contribution in [2.45, 2.75) is 20.4 Å². The summed E-state index contributed by atoms with van der Waals surface area (Å²) in [6.45, 7) is 4.33. The number of hydrogen-bond donors (Lipinski definition) is 0. The zero-order valence-corrected chi connectivity index (χ0v) is 9.83. The lowest BCUT2D eigenvalue weighted by molar-refractivity contribution is 0.463. The molecular formula is C12H13N5. The summed E-state index contributed by atoms with van der Waals surface area (Å²) in [6.07, 6.45) is 0. The molecule has 5 nitrogen and oxygen atoms in total. The fraction of sp³-hybridized carbons (Fsp3) is 0.333. The molecule has 0 aliphatic heterocycles. The van der Waals surface area contributed by atoms with Crippen LogP contribution in [0.3, 0.4) is 0 Å². The third-order valence-corrected chi connectivity index (χ3v) is 2.42. The van der Waals surface area contributed by atoms with Gasteiger partial charge in [-0.05, 0) is 19.1 Å². The second-order valence-electron chi connectivity index (χ2n) is 4.06. The van der Waals surface area contributed by atoms with Gasteiger partial charge in [-0.15, -0.1) is 10.2 Å². The summed E-state index contributed by atoms with van der Waals surface area (Å²) in [5, 5.41) is 20.9. The predicted molar refractivity (Wildman–Crippen MR) is 62.8 cm³/mol. The largest absolute Gasteiger partial charge is 0.204 e. The molecule has 2 aromatic rings. The molecule has 0 saturated heterocycles. The Labute approximate surface area is 99.7 Å². The second kappa shape index (κ2) is 4.74. The van der Waals surface area contributed by atoms with Crippen molar-refractivity contribution in [3.63, 3.8) is 0 Å². The summed E-state index contributed by atoms with van der Waals surface area (Å²) < 4.78 is 0. The van der Waals surface area contributed by atoms with Crippen molar-refractivity contribution >= 4 is 0 Å². The van der Waals surface area contributed by atoms with E-state index in [-0.39, 0.29) is 5.92 Å². The van der Waals surface area contributed by atoms with Crippen LogP contribution in [0.4, 0.5) is 0 Å². The highest BCUT2D eigenvalue weighted by atomic mass is 15.6. The number of tetrazole rings is 1. The van der Waals surface area contributed by atoms with Crippen LogP contribution in [0.2, 0.25) is 0 Å². The van der Waals surface area contributed by atoms with E-state index in [0.29, 0.717) is 12.4 Å². The van der Waals surface area contributed by atoms with Gasteiger partial charge in [-0.1, -0.05) is 29.8 Å². The number of benzene rings is 1. The van der Waals surface area contributed by atoms with Crippen LogP contribution in [0, 0.1) is 24.2 Å². The molecule has 0 bridgehead atoms. The first-order chi connectivity index (χ1) is 8.19. The Balaban J connectivity index is 2.18. The first kappa shape index (κ1) is 11.3. The Morgan fingerprint density at radius 1 is 1.35 bits per heavy atom. The van der Waals surface area contributed by atoms with Crippen LogP contribution in [0.25, 0.3) is 11.4 Å². The minimum absolute atomic E-state index is 0.116. The molecular weight excluding hydrogens is 214 g/mol. The van der Waals surface area contributed by atoms with Crippen molar-refractivity contribution in [3.8, 4) is 17.5 Å². The normalized spacial score (nSPS) is 12.1. The fourth-order valence-electron chi connectivity index (χ4n) is 1.42. The van der Waals surface area contributed by atoms with Gasteiger partial charge in [-0.3, -0.25) is 0 Å². The number of nitriles is 1. The maximum Gasteiger partial charge on any atom is 0.204 e. The van der Waals surface area contributed by atoms with E-state index in [0.717, 1.165) is 5.56 Å². The van der Waals surface area contributed by atoms with Crippen molar-refractivity contribution in [1.29, 1.82) is 5.26 Å². The van der Waals surface area contributed by atoms with E-state index >= 15 is 0 Å². The average Bonchev–Trinajstić information content (AvgIpc) is 2.78. The van der Waals surface area contributed by atoms with E-state index in [1.54, 1.807) is 0 Å². The molecule has 1 aromatic heterocycles. The van der Waals surface area contributed by atoms with Crippen LogP contribution in [0.1, 0.15) is 12.5 Å². The van der Waals surface area contributed by atoms with Crippen LogP contribution in [0.5, 0.6) is 0 Å². The Morgan fingerprint density at radius 3 is 2.71 bits per heavy atom. The minimum atomic E-state index is -0.116. The highest BCUT2D eigenvalue weighted by Crippen LogP contribution is 2.14. The number of aryl methyl sites for hydroxylation is 1. The van der Waals surface area contributed by atoms with Crippen molar-refractivity contribution in [3.05, 3.63) is 29.8 Å². The molecule has 86 valence electrons. The van der Waals surface area contributed by atoms with E-state index in [1.165, 1.54) is 10.4 Å². The van der Waals surface area contributed by atoms with Gasteiger partial charge in [0, 0.05) is 5.56 Å². The lowest BCUT2D eigenvalue weighted by Gasteiger charge is -1.98. The molecule has 0 aliphatic rings. The molecule has 0 aliphatic carbocycles. The second-order valence-corrected chi connectivity index (χ2v) is 4.06. The van der Waals surface area contributed by atoms with E-state index in [4.69, 9.17) is 5.26 Å². The van der Waals surface area contributed by atoms with Crippen LogP contribution in [-0.2, 0) is 6.54 Å². The van der Waals surface area contributed by atoms with E-state index < -0.39 is 0 Å². The maximum absolute atomic E-state index is 8.71. The molecule has 0 fully saturated rings. The lowest BCUT2D eigenvalue weighted by atomic mass is 10.1. The van der Waals surface area contributed by atoms with Crippen LogP contribution >= 0.6 is 0 Å². The summed E-state index contributed by atoms with van der Waals surface area (Å²) >= 11 is 0. The predicted octanol–water partition coefficient (Wildman–Crippen LogP) is 1.81. The Bertz CT molecular complexity index is 535. The van der Waals surface area contributed by atoms with Crippen molar-refractivity contribution in [1.82, 2.24) is 20.2 Å². The minimum Gasteiger partial charge on any atom is -0.198 e. The smallest absolute Gasteiger partial charge is 0.198 e. The Kier molecular flexibility index (Phi) is 3.15. The molecule has 17 heavy (non-hydrogen) atoms. The molecule has 5 heteroatoms. The van der Waals surface area contributed by atoms with Crippen molar-refractivity contribution < 1.29 is 0 Å². The zero-order chi connectivity index (χ0) is 12.3. The zero-order valence-electron chi connectivity index (χ0n) is 9.83. The van der Waals surface area contributed by atoms with E-state index in [1.807, 2.05) is 38.1 Å². The standard InChI is InChI=1S/C12H13N5/c1-9-3-5-11(6-4-9)12-14-16-17(15-12)8-10(2)7-13/h3-6,10H,8H2,1-2H3/t10-/m0/s1. The van der Waals surface area contributed by atoms with E-state index in [2.05, 4.69) is 21.5 Å². The summed E-state index contributed by atoms with van der Waals surface area (Å²) in [7, 11) is 0. The summed E-state index contributed by atoms with van der Waals surface area (Å²) in [5.41, 5.74) is 2.13. The quantitative estimate of drug-likeness (QED) is 0.802. The molecule has 0 unspecified atom stereocenters. The number of rotatable bonds is 3. The first-order valence-electron chi connectivity index (χ1n) is 5.43. The molecule has 1 atom stereocenters. The van der Waals surface area contributed by atoms with Gasteiger partial charge in [0.15, 0.2) is 0 Å². The van der Waals surface area contributed by atoms with E-state index in [9.17, 15) is 0 Å². The molecule has 2 rings (SSSR count). The molecule has 0 saturated carbocycles. The first-order valence-corrected chi connectivity index (χ1v) is 5.43. The van der Waals surface area contributed by atoms with Gasteiger partial charge in [0.05, 0.1) is 18.5 Å². The topological polar surface area (TPSA) is 67.4 Å². The highest BCUT2D eigenvalue weighted by molar-refractivity contribution is 5.53. The van der Waals surface area contributed by atoms with Gasteiger partial charge < -0.3 is 0 Å².